The first kappa shape index (κ1) is 14.8. The maximum absolute atomic E-state index is 11.7. The van der Waals surface area contributed by atoms with Gasteiger partial charge in [0.15, 0.2) is 0 Å². The van der Waals surface area contributed by atoms with Crippen molar-refractivity contribution in [1.29, 1.82) is 0 Å². The van der Waals surface area contributed by atoms with E-state index in [1.165, 1.54) is 32.2 Å². The smallest absolute Gasteiger partial charge is 0.221 e. The molecular weight excluding hydrogens is 238 g/mol. The van der Waals surface area contributed by atoms with Gasteiger partial charge < -0.3 is 10.6 Å². The topological polar surface area (TPSA) is 44.4 Å². The molecule has 2 N–H and O–H groups in total. The third-order valence-electron chi connectivity index (χ3n) is 4.44. The van der Waals surface area contributed by atoms with Crippen molar-refractivity contribution in [2.75, 3.05) is 32.7 Å². The van der Waals surface area contributed by atoms with E-state index in [4.69, 9.17) is 0 Å². The van der Waals surface area contributed by atoms with Crippen LogP contribution in [-0.2, 0) is 4.79 Å². The molecule has 4 heteroatoms. The van der Waals surface area contributed by atoms with E-state index in [-0.39, 0.29) is 5.91 Å². The predicted molar refractivity (Wildman–Crippen MR) is 78.1 cm³/mol. The van der Waals surface area contributed by atoms with E-state index in [1.807, 2.05) is 0 Å². The number of hydrogen-bond acceptors (Lipinski definition) is 3. The Bertz CT molecular complexity index is 277. The average molecular weight is 267 g/mol. The molecule has 0 radical (unpaired) electrons. The van der Waals surface area contributed by atoms with E-state index < -0.39 is 0 Å². The summed E-state index contributed by atoms with van der Waals surface area (Å²) in [4.78, 5) is 14.3. The van der Waals surface area contributed by atoms with Gasteiger partial charge in [0.2, 0.25) is 5.91 Å². The van der Waals surface area contributed by atoms with E-state index in [2.05, 4.69) is 22.5 Å². The Morgan fingerprint density at radius 1 is 1.21 bits per heavy atom. The average Bonchev–Trinajstić information content (AvgIpc) is 2.64. The molecule has 0 bridgehead atoms. The molecule has 0 aromatic heterocycles. The van der Waals surface area contributed by atoms with Gasteiger partial charge in [0.25, 0.3) is 0 Å². The fourth-order valence-electron chi connectivity index (χ4n) is 3.37. The van der Waals surface area contributed by atoms with Crippen molar-refractivity contribution in [2.45, 2.75) is 51.5 Å². The van der Waals surface area contributed by atoms with E-state index in [0.29, 0.717) is 12.5 Å². The van der Waals surface area contributed by atoms with Crippen LogP contribution in [0, 0.1) is 5.92 Å². The fourth-order valence-corrected chi connectivity index (χ4v) is 3.37. The lowest BCUT2D eigenvalue weighted by Crippen LogP contribution is -2.43. The molecule has 0 saturated carbocycles. The van der Waals surface area contributed by atoms with Gasteiger partial charge in [-0.05, 0) is 57.7 Å². The monoisotopic (exact) mass is 267 g/mol. The predicted octanol–water partition coefficient (Wildman–Crippen LogP) is 1.37. The standard InChI is InChI=1S/C15H29N3O/c1-2-10-18(12-13-5-8-16-9-6-13)14-4-3-7-17-15(19)11-14/h13-14,16H,2-12H2,1H3,(H,17,19). The van der Waals surface area contributed by atoms with Crippen LogP contribution in [-0.4, -0.2) is 49.6 Å². The minimum absolute atomic E-state index is 0.244. The van der Waals surface area contributed by atoms with Gasteiger partial charge in [-0.15, -0.1) is 0 Å². The molecule has 0 spiro atoms. The second-order valence-electron chi connectivity index (χ2n) is 6.04. The van der Waals surface area contributed by atoms with Crippen molar-refractivity contribution in [3.63, 3.8) is 0 Å². The molecule has 110 valence electrons. The molecule has 2 aliphatic heterocycles. The van der Waals surface area contributed by atoms with Crippen molar-refractivity contribution in [1.82, 2.24) is 15.5 Å². The molecule has 1 atom stereocenters. The van der Waals surface area contributed by atoms with Gasteiger partial charge in [-0.25, -0.2) is 0 Å². The van der Waals surface area contributed by atoms with Crippen LogP contribution in [0.5, 0.6) is 0 Å². The van der Waals surface area contributed by atoms with Gasteiger partial charge >= 0.3 is 0 Å². The number of nitrogens with one attached hydrogen (secondary N) is 2. The number of carbonyl (C=O) groups is 1. The van der Waals surface area contributed by atoms with Crippen molar-refractivity contribution in [3.05, 3.63) is 0 Å². The van der Waals surface area contributed by atoms with E-state index in [0.717, 1.165) is 38.5 Å². The SMILES string of the molecule is CCCN(CC1CCNCC1)C1CCCNC(=O)C1. The Kier molecular flexibility index (Phi) is 6.11. The normalized spacial score (nSPS) is 26.2. The van der Waals surface area contributed by atoms with Crippen LogP contribution in [0.2, 0.25) is 0 Å². The lowest BCUT2D eigenvalue weighted by Gasteiger charge is -2.35. The minimum Gasteiger partial charge on any atom is -0.356 e. The van der Waals surface area contributed by atoms with E-state index >= 15 is 0 Å². The molecule has 0 aromatic carbocycles. The third kappa shape index (κ3) is 4.77. The van der Waals surface area contributed by atoms with Crippen LogP contribution >= 0.6 is 0 Å². The Balaban J connectivity index is 1.90. The largest absolute Gasteiger partial charge is 0.356 e. The van der Waals surface area contributed by atoms with Crippen LogP contribution in [0.4, 0.5) is 0 Å². The summed E-state index contributed by atoms with van der Waals surface area (Å²) in [6, 6.07) is 0.470. The lowest BCUT2D eigenvalue weighted by molar-refractivity contribution is -0.121. The van der Waals surface area contributed by atoms with Gasteiger partial charge in [-0.2, -0.15) is 0 Å². The molecule has 0 aliphatic carbocycles. The Morgan fingerprint density at radius 3 is 2.74 bits per heavy atom. The summed E-state index contributed by atoms with van der Waals surface area (Å²) in [5.41, 5.74) is 0. The summed E-state index contributed by atoms with van der Waals surface area (Å²) in [5, 5.41) is 6.43. The summed E-state index contributed by atoms with van der Waals surface area (Å²) < 4.78 is 0. The molecule has 1 amide bonds. The summed E-state index contributed by atoms with van der Waals surface area (Å²) in [6.45, 7) is 7.76. The molecule has 4 nitrogen and oxygen atoms in total. The maximum Gasteiger partial charge on any atom is 0.221 e. The fraction of sp³-hybridized carbons (Fsp3) is 0.933. The van der Waals surface area contributed by atoms with Crippen molar-refractivity contribution >= 4 is 5.91 Å². The molecule has 0 aromatic rings. The highest BCUT2D eigenvalue weighted by atomic mass is 16.1. The summed E-state index contributed by atoms with van der Waals surface area (Å²) >= 11 is 0. The van der Waals surface area contributed by atoms with Gasteiger partial charge in [0.1, 0.15) is 0 Å². The summed E-state index contributed by atoms with van der Waals surface area (Å²) in [5.74, 6) is 1.06. The second-order valence-corrected chi connectivity index (χ2v) is 6.04. The molecular formula is C15H29N3O. The summed E-state index contributed by atoms with van der Waals surface area (Å²) in [7, 11) is 0. The number of rotatable bonds is 5. The zero-order chi connectivity index (χ0) is 13.5. The van der Waals surface area contributed by atoms with Crippen molar-refractivity contribution < 1.29 is 4.79 Å². The van der Waals surface area contributed by atoms with Crippen LogP contribution < -0.4 is 10.6 Å². The first-order chi connectivity index (χ1) is 9.29. The molecule has 2 aliphatic rings. The first-order valence-electron chi connectivity index (χ1n) is 8.01. The van der Waals surface area contributed by atoms with Crippen LogP contribution in [0.1, 0.15) is 45.4 Å². The first-order valence-corrected chi connectivity index (χ1v) is 8.01. The number of piperidine rings is 1. The number of amides is 1. The molecule has 2 heterocycles. The molecule has 2 fully saturated rings. The molecule has 2 rings (SSSR count). The number of carbonyl (C=O) groups excluding carboxylic acids is 1. The van der Waals surface area contributed by atoms with E-state index in [1.54, 1.807) is 0 Å². The molecule has 1 unspecified atom stereocenters. The van der Waals surface area contributed by atoms with Gasteiger partial charge in [0.05, 0.1) is 0 Å². The van der Waals surface area contributed by atoms with Crippen LogP contribution in [0.25, 0.3) is 0 Å². The number of hydrogen-bond donors (Lipinski definition) is 2. The Morgan fingerprint density at radius 2 is 2.00 bits per heavy atom. The van der Waals surface area contributed by atoms with Crippen LogP contribution in [0.15, 0.2) is 0 Å². The Hall–Kier alpha value is -0.610. The van der Waals surface area contributed by atoms with Crippen molar-refractivity contribution in [3.8, 4) is 0 Å². The number of nitrogens with zero attached hydrogens (tertiary/aromatic N) is 1. The molecule has 2 saturated heterocycles. The highest BCUT2D eigenvalue weighted by Gasteiger charge is 2.25. The van der Waals surface area contributed by atoms with Crippen LogP contribution in [0.3, 0.4) is 0 Å². The second kappa shape index (κ2) is 7.85. The van der Waals surface area contributed by atoms with Gasteiger partial charge in [0, 0.05) is 25.6 Å². The zero-order valence-electron chi connectivity index (χ0n) is 12.3. The maximum atomic E-state index is 11.7. The highest BCUT2D eigenvalue weighted by Crippen LogP contribution is 2.20. The van der Waals surface area contributed by atoms with Gasteiger partial charge in [-0.1, -0.05) is 6.92 Å². The Labute approximate surface area is 117 Å². The van der Waals surface area contributed by atoms with Crippen molar-refractivity contribution in [2.24, 2.45) is 5.92 Å². The lowest BCUT2D eigenvalue weighted by atomic mass is 9.95. The van der Waals surface area contributed by atoms with E-state index in [9.17, 15) is 4.79 Å². The minimum atomic E-state index is 0.244. The zero-order valence-corrected chi connectivity index (χ0v) is 12.3. The summed E-state index contributed by atoms with van der Waals surface area (Å²) in [6.07, 6.45) is 6.76. The molecule has 19 heavy (non-hydrogen) atoms. The highest BCUT2D eigenvalue weighted by molar-refractivity contribution is 5.76. The quantitative estimate of drug-likeness (QED) is 0.791. The third-order valence-corrected chi connectivity index (χ3v) is 4.44. The van der Waals surface area contributed by atoms with Gasteiger partial charge in [-0.3, -0.25) is 9.69 Å².